The molecule has 1 aromatic heterocycles. The number of ether oxygens (including phenoxy) is 1. The Labute approximate surface area is 170 Å². The number of carbonyl (C=O) groups excluding carboxylic acids is 1. The number of fused-ring (bicyclic) bond motifs is 1. The van der Waals surface area contributed by atoms with E-state index in [1.54, 1.807) is 27.8 Å². The SMILES string of the molecule is CC1=C(C(=O)OC(C)C)C(c2cccc(Br)c2)c2c(n(C)c(=O)n(C)c2=O)N1. The molecule has 1 aliphatic heterocycles. The average molecular weight is 448 g/mol. The minimum Gasteiger partial charge on any atom is -0.460 e. The third-order valence-electron chi connectivity index (χ3n) is 4.73. The molecule has 0 aliphatic carbocycles. The van der Waals surface area contributed by atoms with Crippen LogP contribution < -0.4 is 16.6 Å². The third kappa shape index (κ3) is 3.32. The second kappa shape index (κ2) is 7.43. The molecule has 2 heterocycles. The van der Waals surface area contributed by atoms with Crippen LogP contribution in [0.25, 0.3) is 0 Å². The molecule has 148 valence electrons. The van der Waals surface area contributed by atoms with Gasteiger partial charge in [0.15, 0.2) is 0 Å². The maximum Gasteiger partial charge on any atom is 0.337 e. The fourth-order valence-corrected chi connectivity index (χ4v) is 3.87. The Bertz CT molecular complexity index is 1110. The van der Waals surface area contributed by atoms with Crippen LogP contribution in [0.3, 0.4) is 0 Å². The number of hydrogen-bond donors (Lipinski definition) is 1. The number of benzene rings is 1. The predicted octanol–water partition coefficient (Wildman–Crippen LogP) is 2.63. The lowest BCUT2D eigenvalue weighted by molar-refractivity contribution is -0.143. The largest absolute Gasteiger partial charge is 0.460 e. The molecule has 0 fully saturated rings. The highest BCUT2D eigenvalue weighted by molar-refractivity contribution is 9.10. The fraction of sp³-hybridized carbons (Fsp3) is 0.350. The number of carbonyl (C=O) groups is 1. The van der Waals surface area contributed by atoms with Crippen LogP contribution in [-0.2, 0) is 23.6 Å². The Morgan fingerprint density at radius 1 is 1.21 bits per heavy atom. The average Bonchev–Trinajstić information content (AvgIpc) is 2.63. The number of esters is 1. The van der Waals surface area contributed by atoms with E-state index in [9.17, 15) is 14.4 Å². The number of rotatable bonds is 3. The molecular weight excluding hydrogens is 426 g/mol. The Balaban J connectivity index is 2.37. The van der Waals surface area contributed by atoms with Crippen LogP contribution in [0.1, 0.15) is 37.8 Å². The van der Waals surface area contributed by atoms with Crippen LogP contribution >= 0.6 is 15.9 Å². The molecule has 0 bridgehead atoms. The van der Waals surface area contributed by atoms with E-state index in [2.05, 4.69) is 21.2 Å². The minimum atomic E-state index is -0.662. The summed E-state index contributed by atoms with van der Waals surface area (Å²) in [7, 11) is 3.02. The van der Waals surface area contributed by atoms with Crippen molar-refractivity contribution in [3.05, 3.63) is 72.0 Å². The lowest BCUT2D eigenvalue weighted by Crippen LogP contribution is -2.43. The second-order valence-corrected chi connectivity index (χ2v) is 7.99. The van der Waals surface area contributed by atoms with Crippen LogP contribution in [0.2, 0.25) is 0 Å². The number of aromatic nitrogens is 2. The Morgan fingerprint density at radius 3 is 2.50 bits per heavy atom. The topological polar surface area (TPSA) is 82.3 Å². The quantitative estimate of drug-likeness (QED) is 0.731. The summed E-state index contributed by atoms with van der Waals surface area (Å²) < 4.78 is 8.71. The molecule has 1 N–H and O–H groups in total. The van der Waals surface area contributed by atoms with Crippen molar-refractivity contribution in [1.29, 1.82) is 0 Å². The molecule has 1 atom stereocenters. The first-order chi connectivity index (χ1) is 13.1. The van der Waals surface area contributed by atoms with Crippen molar-refractivity contribution in [1.82, 2.24) is 9.13 Å². The van der Waals surface area contributed by atoms with E-state index in [-0.39, 0.29) is 6.10 Å². The van der Waals surface area contributed by atoms with Gasteiger partial charge in [-0.3, -0.25) is 13.9 Å². The molecule has 7 nitrogen and oxygen atoms in total. The molecule has 0 saturated heterocycles. The van der Waals surface area contributed by atoms with Crippen molar-refractivity contribution < 1.29 is 9.53 Å². The number of hydrogen-bond acceptors (Lipinski definition) is 5. The van der Waals surface area contributed by atoms with E-state index in [1.165, 1.54) is 11.6 Å². The van der Waals surface area contributed by atoms with Gasteiger partial charge in [-0.1, -0.05) is 28.1 Å². The van der Waals surface area contributed by atoms with Crippen LogP contribution in [0.15, 0.2) is 49.6 Å². The fourth-order valence-electron chi connectivity index (χ4n) is 3.46. The standard InChI is InChI=1S/C20H22BrN3O4/c1-10(2)28-19(26)14-11(3)22-17-16(18(25)24(5)20(27)23(17)4)15(14)12-7-6-8-13(21)9-12/h6-10,15,22H,1-5H3. The lowest BCUT2D eigenvalue weighted by atomic mass is 9.82. The van der Waals surface area contributed by atoms with E-state index in [0.717, 1.165) is 14.6 Å². The molecule has 0 radical (unpaired) electrons. The van der Waals surface area contributed by atoms with Gasteiger partial charge in [0, 0.05) is 24.3 Å². The normalized spacial score (nSPS) is 16.0. The first-order valence-corrected chi connectivity index (χ1v) is 9.67. The number of nitrogens with zero attached hydrogens (tertiary/aromatic N) is 2. The summed E-state index contributed by atoms with van der Waals surface area (Å²) in [6.45, 7) is 5.29. The van der Waals surface area contributed by atoms with E-state index in [1.807, 2.05) is 24.3 Å². The molecule has 0 spiro atoms. The summed E-state index contributed by atoms with van der Waals surface area (Å²) in [5, 5.41) is 3.07. The number of nitrogens with one attached hydrogen (secondary N) is 1. The van der Waals surface area contributed by atoms with Crippen molar-refractivity contribution in [3.8, 4) is 0 Å². The molecule has 8 heteroatoms. The second-order valence-electron chi connectivity index (χ2n) is 7.07. The van der Waals surface area contributed by atoms with Crippen LogP contribution in [0, 0.1) is 0 Å². The smallest absolute Gasteiger partial charge is 0.337 e. The van der Waals surface area contributed by atoms with E-state index < -0.39 is 23.1 Å². The van der Waals surface area contributed by atoms with Gasteiger partial charge in [-0.05, 0) is 38.5 Å². The summed E-state index contributed by atoms with van der Waals surface area (Å²) >= 11 is 3.45. The van der Waals surface area contributed by atoms with E-state index in [4.69, 9.17) is 4.74 Å². The molecule has 0 amide bonds. The summed E-state index contributed by atoms with van der Waals surface area (Å²) in [6.07, 6.45) is -0.305. The van der Waals surface area contributed by atoms with Crippen LogP contribution in [-0.4, -0.2) is 21.2 Å². The van der Waals surface area contributed by atoms with Gasteiger partial charge in [-0.2, -0.15) is 0 Å². The Kier molecular flexibility index (Phi) is 5.34. The zero-order valence-corrected chi connectivity index (χ0v) is 18.0. The maximum atomic E-state index is 13.1. The lowest BCUT2D eigenvalue weighted by Gasteiger charge is -2.31. The van der Waals surface area contributed by atoms with Crippen LogP contribution in [0.4, 0.5) is 5.82 Å². The first kappa shape index (κ1) is 20.1. The summed E-state index contributed by atoms with van der Waals surface area (Å²) in [4.78, 5) is 38.4. The highest BCUT2D eigenvalue weighted by atomic mass is 79.9. The summed E-state index contributed by atoms with van der Waals surface area (Å²) in [5.74, 6) is -0.770. The number of anilines is 1. The summed E-state index contributed by atoms with van der Waals surface area (Å²) in [6, 6.07) is 7.42. The Hall–Kier alpha value is -2.61. The van der Waals surface area contributed by atoms with Crippen LogP contribution in [0.5, 0.6) is 0 Å². The van der Waals surface area contributed by atoms with Gasteiger partial charge in [0.25, 0.3) is 5.56 Å². The van der Waals surface area contributed by atoms with Gasteiger partial charge in [-0.25, -0.2) is 9.59 Å². The van der Waals surface area contributed by atoms with Crippen molar-refractivity contribution in [2.24, 2.45) is 14.1 Å². The molecule has 1 aromatic carbocycles. The Morgan fingerprint density at radius 2 is 1.89 bits per heavy atom. The van der Waals surface area contributed by atoms with Gasteiger partial charge >= 0.3 is 11.7 Å². The van der Waals surface area contributed by atoms with Gasteiger partial charge in [0.05, 0.1) is 23.2 Å². The molecule has 2 aromatic rings. The van der Waals surface area contributed by atoms with E-state index in [0.29, 0.717) is 22.7 Å². The van der Waals surface area contributed by atoms with Gasteiger partial charge in [-0.15, -0.1) is 0 Å². The zero-order chi connectivity index (χ0) is 20.7. The zero-order valence-electron chi connectivity index (χ0n) is 16.4. The summed E-state index contributed by atoms with van der Waals surface area (Å²) in [5.41, 5.74) is 1.11. The maximum absolute atomic E-state index is 13.1. The highest BCUT2D eigenvalue weighted by Gasteiger charge is 2.37. The van der Waals surface area contributed by atoms with E-state index >= 15 is 0 Å². The highest BCUT2D eigenvalue weighted by Crippen LogP contribution is 2.40. The number of halogens is 1. The molecule has 1 aliphatic rings. The molecule has 0 saturated carbocycles. The minimum absolute atomic E-state index is 0.305. The van der Waals surface area contributed by atoms with Crippen molar-refractivity contribution in [3.63, 3.8) is 0 Å². The molecular formula is C20H22BrN3O4. The van der Waals surface area contributed by atoms with Crippen molar-refractivity contribution in [2.75, 3.05) is 5.32 Å². The van der Waals surface area contributed by atoms with Gasteiger partial charge < -0.3 is 10.1 Å². The van der Waals surface area contributed by atoms with Gasteiger partial charge in [0.2, 0.25) is 0 Å². The number of allylic oxidation sites excluding steroid dienone is 1. The van der Waals surface area contributed by atoms with Crippen molar-refractivity contribution in [2.45, 2.75) is 32.8 Å². The predicted molar refractivity (Wildman–Crippen MR) is 110 cm³/mol. The monoisotopic (exact) mass is 447 g/mol. The molecule has 1 unspecified atom stereocenters. The third-order valence-corrected chi connectivity index (χ3v) is 5.22. The first-order valence-electron chi connectivity index (χ1n) is 8.87. The molecule has 28 heavy (non-hydrogen) atoms. The molecule has 3 rings (SSSR count). The van der Waals surface area contributed by atoms with Gasteiger partial charge in [0.1, 0.15) is 5.82 Å². The van der Waals surface area contributed by atoms with Crippen molar-refractivity contribution >= 4 is 27.7 Å².